The molecule has 0 fully saturated rings. The van der Waals surface area contributed by atoms with E-state index in [0.717, 1.165) is 12.1 Å². The van der Waals surface area contributed by atoms with Crippen molar-refractivity contribution >= 4 is 0 Å². The summed E-state index contributed by atoms with van der Waals surface area (Å²) in [4.78, 5) is 0. The van der Waals surface area contributed by atoms with Crippen molar-refractivity contribution in [1.82, 2.24) is 0 Å². The van der Waals surface area contributed by atoms with E-state index in [0.29, 0.717) is 11.6 Å². The Balaban J connectivity index is 2.60. The SMILES string of the molecule is Oc1cc(-c2ccccc2)ccc1C(O)(C(F)(F)F)C(F)(F)F. The molecule has 8 heteroatoms. The summed E-state index contributed by atoms with van der Waals surface area (Å²) in [7, 11) is 0. The largest absolute Gasteiger partial charge is 0.508 e. The molecule has 0 atom stereocenters. The first-order valence-electron chi connectivity index (χ1n) is 6.23. The molecule has 0 saturated carbocycles. The molecule has 0 amide bonds. The summed E-state index contributed by atoms with van der Waals surface area (Å²) in [6, 6.07) is 10.1. The molecule has 0 unspecified atom stereocenters. The molecule has 0 aromatic heterocycles. The van der Waals surface area contributed by atoms with Crippen LogP contribution in [-0.2, 0) is 5.60 Å². The fraction of sp³-hybridized carbons (Fsp3) is 0.200. The van der Waals surface area contributed by atoms with E-state index in [1.54, 1.807) is 30.3 Å². The van der Waals surface area contributed by atoms with Crippen molar-refractivity contribution in [3.63, 3.8) is 0 Å². The summed E-state index contributed by atoms with van der Waals surface area (Å²) in [5.41, 5.74) is -6.13. The topological polar surface area (TPSA) is 40.5 Å². The standard InChI is InChI=1S/C15H10F6O2/c16-14(17,18)13(23,15(19,20)21)11-7-6-10(8-12(11)22)9-4-2-1-3-5-9/h1-8,22-23H. The Bertz CT molecular complexity index is 677. The highest BCUT2D eigenvalue weighted by molar-refractivity contribution is 5.66. The van der Waals surface area contributed by atoms with E-state index in [1.165, 1.54) is 0 Å². The second-order valence-electron chi connectivity index (χ2n) is 4.80. The molecule has 0 aliphatic rings. The fourth-order valence-corrected chi connectivity index (χ4v) is 2.11. The summed E-state index contributed by atoms with van der Waals surface area (Å²) in [5.74, 6) is -1.30. The van der Waals surface area contributed by atoms with Crippen LogP contribution in [0, 0.1) is 0 Å². The molecule has 0 spiro atoms. The lowest BCUT2D eigenvalue weighted by atomic mass is 9.89. The first kappa shape index (κ1) is 17.1. The minimum Gasteiger partial charge on any atom is -0.508 e. The molecule has 0 bridgehead atoms. The maximum atomic E-state index is 12.8. The van der Waals surface area contributed by atoms with Crippen molar-refractivity contribution in [2.24, 2.45) is 0 Å². The number of aliphatic hydroxyl groups is 1. The third kappa shape index (κ3) is 2.86. The molecule has 124 valence electrons. The van der Waals surface area contributed by atoms with Crippen molar-refractivity contribution in [2.75, 3.05) is 0 Å². The zero-order chi connectivity index (χ0) is 17.5. The fourth-order valence-electron chi connectivity index (χ4n) is 2.11. The first-order chi connectivity index (χ1) is 10.5. The van der Waals surface area contributed by atoms with Crippen LogP contribution < -0.4 is 0 Å². The normalized spacial score (nSPS) is 13.2. The van der Waals surface area contributed by atoms with Crippen LogP contribution in [0.4, 0.5) is 26.3 Å². The molecule has 0 saturated heterocycles. The summed E-state index contributed by atoms with van der Waals surface area (Å²) in [6.07, 6.45) is -12.1. The van der Waals surface area contributed by atoms with E-state index in [-0.39, 0.29) is 5.56 Å². The van der Waals surface area contributed by atoms with Crippen LogP contribution >= 0.6 is 0 Å². The zero-order valence-electron chi connectivity index (χ0n) is 11.3. The van der Waals surface area contributed by atoms with Gasteiger partial charge in [-0.1, -0.05) is 42.5 Å². The van der Waals surface area contributed by atoms with E-state index in [4.69, 9.17) is 0 Å². The van der Waals surface area contributed by atoms with Crippen LogP contribution in [0.25, 0.3) is 11.1 Å². The Labute approximate surface area is 126 Å². The highest BCUT2D eigenvalue weighted by Gasteiger charge is 2.72. The number of phenols is 1. The molecular weight excluding hydrogens is 326 g/mol. The summed E-state index contributed by atoms with van der Waals surface area (Å²) < 4.78 is 76.9. The van der Waals surface area contributed by atoms with Gasteiger partial charge in [0.1, 0.15) is 5.75 Å². The number of phenolic OH excluding ortho intramolecular Hbond substituents is 1. The number of hydrogen-bond donors (Lipinski definition) is 2. The molecule has 2 nitrogen and oxygen atoms in total. The molecule has 2 N–H and O–H groups in total. The molecule has 2 aromatic rings. The van der Waals surface area contributed by atoms with Gasteiger partial charge in [0, 0.05) is 5.56 Å². The Morgan fingerprint density at radius 1 is 0.696 bits per heavy atom. The number of benzene rings is 2. The van der Waals surface area contributed by atoms with Gasteiger partial charge in [-0.25, -0.2) is 0 Å². The van der Waals surface area contributed by atoms with Crippen LogP contribution in [0.5, 0.6) is 5.75 Å². The van der Waals surface area contributed by atoms with Gasteiger partial charge in [0.05, 0.1) is 0 Å². The van der Waals surface area contributed by atoms with E-state index >= 15 is 0 Å². The van der Waals surface area contributed by atoms with Gasteiger partial charge < -0.3 is 10.2 Å². The minimum atomic E-state index is -6.04. The zero-order valence-corrected chi connectivity index (χ0v) is 11.3. The van der Waals surface area contributed by atoms with Gasteiger partial charge in [-0.3, -0.25) is 0 Å². The van der Waals surface area contributed by atoms with E-state index in [1.807, 2.05) is 0 Å². The average molecular weight is 336 g/mol. The van der Waals surface area contributed by atoms with Crippen LogP contribution in [0.2, 0.25) is 0 Å². The molecular formula is C15H10F6O2. The highest BCUT2D eigenvalue weighted by atomic mass is 19.4. The smallest absolute Gasteiger partial charge is 0.430 e. The number of aromatic hydroxyl groups is 1. The Hall–Kier alpha value is -2.22. The van der Waals surface area contributed by atoms with E-state index in [2.05, 4.69) is 0 Å². The van der Waals surface area contributed by atoms with Gasteiger partial charge in [-0.2, -0.15) is 26.3 Å². The average Bonchev–Trinajstić information content (AvgIpc) is 2.45. The minimum absolute atomic E-state index is 0.207. The Morgan fingerprint density at radius 2 is 1.22 bits per heavy atom. The molecule has 23 heavy (non-hydrogen) atoms. The number of rotatable bonds is 2. The van der Waals surface area contributed by atoms with Crippen molar-refractivity contribution in [3.05, 3.63) is 54.1 Å². The maximum Gasteiger partial charge on any atom is 0.430 e. The predicted octanol–water partition coefficient (Wildman–Crippen LogP) is 4.37. The van der Waals surface area contributed by atoms with E-state index < -0.39 is 29.3 Å². The second-order valence-corrected chi connectivity index (χ2v) is 4.80. The number of hydrogen-bond acceptors (Lipinski definition) is 2. The monoisotopic (exact) mass is 336 g/mol. The Kier molecular flexibility index (Phi) is 4.06. The van der Waals surface area contributed by atoms with Crippen molar-refractivity contribution in [2.45, 2.75) is 18.0 Å². The maximum absolute atomic E-state index is 12.8. The quantitative estimate of drug-likeness (QED) is 0.800. The van der Waals surface area contributed by atoms with Gasteiger partial charge in [-0.15, -0.1) is 0 Å². The second kappa shape index (κ2) is 5.45. The summed E-state index contributed by atoms with van der Waals surface area (Å²) in [6.45, 7) is 0. The lowest BCUT2D eigenvalue weighted by Gasteiger charge is -2.33. The van der Waals surface area contributed by atoms with E-state index in [9.17, 15) is 36.6 Å². The number of halogens is 6. The van der Waals surface area contributed by atoms with Gasteiger partial charge >= 0.3 is 12.4 Å². The van der Waals surface area contributed by atoms with Crippen LogP contribution in [0.15, 0.2) is 48.5 Å². The lowest BCUT2D eigenvalue weighted by Crippen LogP contribution is -2.53. The van der Waals surface area contributed by atoms with Gasteiger partial charge in [0.25, 0.3) is 5.60 Å². The highest BCUT2D eigenvalue weighted by Crippen LogP contribution is 2.52. The molecule has 0 aliphatic heterocycles. The van der Waals surface area contributed by atoms with Crippen LogP contribution in [-0.4, -0.2) is 22.6 Å². The third-order valence-corrected chi connectivity index (χ3v) is 3.32. The third-order valence-electron chi connectivity index (χ3n) is 3.32. The van der Waals surface area contributed by atoms with Crippen LogP contribution in [0.3, 0.4) is 0 Å². The Morgan fingerprint density at radius 3 is 1.65 bits per heavy atom. The van der Waals surface area contributed by atoms with Crippen molar-refractivity contribution in [3.8, 4) is 16.9 Å². The molecule has 0 heterocycles. The van der Waals surface area contributed by atoms with Gasteiger partial charge in [-0.05, 0) is 17.2 Å². The molecule has 2 aromatic carbocycles. The predicted molar refractivity (Wildman–Crippen MR) is 69.5 cm³/mol. The van der Waals surface area contributed by atoms with Gasteiger partial charge in [0.2, 0.25) is 0 Å². The summed E-state index contributed by atoms with van der Waals surface area (Å²) in [5, 5.41) is 18.9. The number of alkyl halides is 6. The molecule has 0 aliphatic carbocycles. The summed E-state index contributed by atoms with van der Waals surface area (Å²) >= 11 is 0. The lowest BCUT2D eigenvalue weighted by molar-refractivity contribution is -0.376. The van der Waals surface area contributed by atoms with Crippen molar-refractivity contribution < 1.29 is 36.6 Å². The van der Waals surface area contributed by atoms with Gasteiger partial charge in [0.15, 0.2) is 0 Å². The van der Waals surface area contributed by atoms with Crippen molar-refractivity contribution in [1.29, 1.82) is 0 Å². The molecule has 2 rings (SSSR count). The first-order valence-corrected chi connectivity index (χ1v) is 6.23. The van der Waals surface area contributed by atoms with Crippen LogP contribution in [0.1, 0.15) is 5.56 Å². The molecule has 0 radical (unpaired) electrons.